The van der Waals surface area contributed by atoms with Crippen LogP contribution in [-0.4, -0.2) is 76.9 Å². The molecule has 0 spiro atoms. The van der Waals surface area contributed by atoms with E-state index in [4.69, 9.17) is 9.47 Å². The van der Waals surface area contributed by atoms with Gasteiger partial charge in [0.15, 0.2) is 0 Å². The van der Waals surface area contributed by atoms with E-state index in [1.54, 1.807) is 0 Å². The van der Waals surface area contributed by atoms with Crippen molar-refractivity contribution in [2.24, 2.45) is 11.8 Å². The van der Waals surface area contributed by atoms with Crippen molar-refractivity contribution in [1.82, 2.24) is 16.0 Å². The Hall–Kier alpha value is -0.610. The zero-order valence-electron chi connectivity index (χ0n) is 22.0. The first-order valence-corrected chi connectivity index (χ1v) is 15.0. The maximum atomic E-state index is 12.9. The number of aliphatic hydroxyl groups is 2. The molecule has 5 fully saturated rings. The number of aliphatic hydroxyl groups excluding tert-OH is 2. The van der Waals surface area contributed by atoms with Crippen LogP contribution < -0.4 is 10.9 Å². The number of carbonyl (C=O) groups is 1. The van der Waals surface area contributed by atoms with Crippen LogP contribution in [0.4, 0.5) is 0 Å². The van der Waals surface area contributed by atoms with Crippen LogP contribution in [0.3, 0.4) is 0 Å². The molecule has 0 radical (unpaired) electrons. The lowest BCUT2D eigenvalue weighted by Gasteiger charge is -2.38. The third-order valence-electron chi connectivity index (χ3n) is 9.58. The van der Waals surface area contributed by atoms with Crippen LogP contribution in [0, 0.1) is 11.8 Å². The minimum Gasteiger partial charge on any atom is -0.392 e. The van der Waals surface area contributed by atoms with E-state index in [1.807, 2.05) is 0 Å². The fourth-order valence-corrected chi connectivity index (χ4v) is 7.41. The van der Waals surface area contributed by atoms with E-state index >= 15 is 0 Å². The van der Waals surface area contributed by atoms with Crippen LogP contribution in [0.25, 0.3) is 0 Å². The van der Waals surface area contributed by atoms with Gasteiger partial charge in [0.25, 0.3) is 0 Å². The molecule has 36 heavy (non-hydrogen) atoms. The minimum atomic E-state index is -0.561. The summed E-state index contributed by atoms with van der Waals surface area (Å²) in [5, 5.41) is 23.5. The molecule has 206 valence electrons. The van der Waals surface area contributed by atoms with Gasteiger partial charge in [-0.05, 0) is 57.8 Å². The fraction of sp³-hybridized carbons (Fsp3) is 0.964. The Kier molecular flexibility index (Phi) is 9.71. The summed E-state index contributed by atoms with van der Waals surface area (Å²) in [6, 6.07) is 1.12. The molecular weight excluding hydrogens is 458 g/mol. The molecule has 1 aliphatic heterocycles. The van der Waals surface area contributed by atoms with E-state index in [0.717, 1.165) is 57.8 Å². The zero-order valence-corrected chi connectivity index (χ0v) is 22.0. The van der Waals surface area contributed by atoms with Crippen molar-refractivity contribution in [2.45, 2.75) is 145 Å². The maximum absolute atomic E-state index is 12.9. The topological polar surface area (TPSA) is 103 Å². The zero-order chi connectivity index (χ0) is 24.9. The van der Waals surface area contributed by atoms with E-state index < -0.39 is 12.2 Å². The highest BCUT2D eigenvalue weighted by atomic mass is 16.5. The lowest BCUT2D eigenvalue weighted by molar-refractivity contribution is -0.136. The van der Waals surface area contributed by atoms with Crippen molar-refractivity contribution < 1.29 is 24.5 Å². The van der Waals surface area contributed by atoms with E-state index in [-0.39, 0.29) is 30.1 Å². The van der Waals surface area contributed by atoms with Gasteiger partial charge in [0.2, 0.25) is 0 Å². The van der Waals surface area contributed by atoms with Crippen molar-refractivity contribution in [3.05, 3.63) is 0 Å². The third kappa shape index (κ3) is 6.68. The molecule has 8 nitrogen and oxygen atoms in total. The molecule has 4 saturated carbocycles. The summed E-state index contributed by atoms with van der Waals surface area (Å²) in [5.74, 6) is 0.294. The summed E-state index contributed by atoms with van der Waals surface area (Å²) in [6.07, 6.45) is 15.3. The molecule has 4 N–H and O–H groups in total. The lowest BCUT2D eigenvalue weighted by atomic mass is 9.74. The number of rotatable bonds is 9. The Labute approximate surface area is 216 Å². The van der Waals surface area contributed by atoms with Crippen LogP contribution in [0.1, 0.15) is 103 Å². The fourth-order valence-electron chi connectivity index (χ4n) is 7.41. The van der Waals surface area contributed by atoms with Crippen molar-refractivity contribution >= 4 is 5.78 Å². The number of hydrazine groups is 2. The van der Waals surface area contributed by atoms with Crippen LogP contribution in [0.15, 0.2) is 0 Å². The Morgan fingerprint density at radius 2 is 1.31 bits per heavy atom. The molecule has 1 heterocycles. The lowest BCUT2D eigenvalue weighted by Crippen LogP contribution is -2.55. The maximum Gasteiger partial charge on any atom is 0.141 e. The first-order valence-electron chi connectivity index (χ1n) is 15.0. The summed E-state index contributed by atoms with van der Waals surface area (Å²) < 4.78 is 12.1. The van der Waals surface area contributed by atoms with Gasteiger partial charge < -0.3 is 19.7 Å². The number of ether oxygens (including phenoxy) is 2. The van der Waals surface area contributed by atoms with Gasteiger partial charge in [0.05, 0.1) is 30.5 Å². The van der Waals surface area contributed by atoms with Gasteiger partial charge in [-0.15, -0.1) is 0 Å². The van der Waals surface area contributed by atoms with Crippen molar-refractivity contribution in [3.8, 4) is 0 Å². The Balaban J connectivity index is 0.939. The van der Waals surface area contributed by atoms with Crippen LogP contribution in [0.2, 0.25) is 0 Å². The number of nitrogens with zero attached hydrogens (tertiary/aromatic N) is 1. The van der Waals surface area contributed by atoms with Crippen LogP contribution in [-0.2, 0) is 14.3 Å². The van der Waals surface area contributed by atoms with Crippen molar-refractivity contribution in [2.75, 3.05) is 13.2 Å². The molecule has 0 aromatic heterocycles. The summed E-state index contributed by atoms with van der Waals surface area (Å²) in [6.45, 7) is 1.24. The summed E-state index contributed by atoms with van der Waals surface area (Å²) >= 11 is 0. The first-order chi connectivity index (χ1) is 17.6. The number of hydrogen-bond acceptors (Lipinski definition) is 8. The van der Waals surface area contributed by atoms with E-state index in [1.165, 1.54) is 32.1 Å². The first kappa shape index (κ1) is 27.0. The van der Waals surface area contributed by atoms with E-state index in [0.29, 0.717) is 43.9 Å². The highest BCUT2D eigenvalue weighted by molar-refractivity contribution is 5.84. The van der Waals surface area contributed by atoms with Gasteiger partial charge in [-0.3, -0.25) is 4.79 Å². The molecule has 8 heteroatoms. The average Bonchev–Trinajstić information content (AvgIpc) is 3.33. The molecule has 8 unspecified atom stereocenters. The standard InChI is InChI=1S/C28H49N3O5/c32-26-17-20(11-13-22(26)28(34)19-7-2-1-3-8-19)35-15-6-16-36-21-12-14-25(27(33)18-21)31-29-23-9-4-5-10-24(23)30-31/h19-27,29-30,32-33H,1-18H2. The molecule has 0 aromatic carbocycles. The molecule has 5 rings (SSSR count). The Morgan fingerprint density at radius 1 is 0.722 bits per heavy atom. The van der Waals surface area contributed by atoms with Gasteiger partial charge >= 0.3 is 0 Å². The summed E-state index contributed by atoms with van der Waals surface area (Å²) in [5.41, 5.74) is 7.19. The number of hydrogen-bond donors (Lipinski definition) is 4. The highest BCUT2D eigenvalue weighted by Crippen LogP contribution is 2.34. The second kappa shape index (κ2) is 13.0. The van der Waals surface area contributed by atoms with Crippen LogP contribution in [0.5, 0.6) is 0 Å². The van der Waals surface area contributed by atoms with Gasteiger partial charge in [0.1, 0.15) is 5.78 Å². The predicted octanol–water partition coefficient (Wildman–Crippen LogP) is 3.01. The van der Waals surface area contributed by atoms with Gasteiger partial charge in [-0.25, -0.2) is 10.9 Å². The number of carbonyl (C=O) groups excluding carboxylic acids is 1. The molecule has 5 aliphatic rings. The molecule has 0 aromatic rings. The SMILES string of the molecule is O=C(C1CCCCC1)C1CCC(OCCCOC2CCC(N3NC4CCCCC4N3)C(O)C2)CC1O. The second-order valence-electron chi connectivity index (χ2n) is 12.1. The molecular formula is C28H49N3O5. The summed E-state index contributed by atoms with van der Waals surface area (Å²) in [7, 11) is 0. The molecule has 0 amide bonds. The van der Waals surface area contributed by atoms with E-state index in [9.17, 15) is 15.0 Å². The van der Waals surface area contributed by atoms with Crippen LogP contribution >= 0.6 is 0 Å². The molecule has 4 aliphatic carbocycles. The predicted molar refractivity (Wildman–Crippen MR) is 137 cm³/mol. The van der Waals surface area contributed by atoms with Crippen molar-refractivity contribution in [1.29, 1.82) is 0 Å². The Bertz CT molecular complexity index is 691. The van der Waals surface area contributed by atoms with Gasteiger partial charge in [0, 0.05) is 50.0 Å². The van der Waals surface area contributed by atoms with Crippen molar-refractivity contribution in [3.63, 3.8) is 0 Å². The number of ketones is 1. The smallest absolute Gasteiger partial charge is 0.141 e. The highest BCUT2D eigenvalue weighted by Gasteiger charge is 2.41. The molecule has 8 atom stereocenters. The Morgan fingerprint density at radius 3 is 1.92 bits per heavy atom. The minimum absolute atomic E-state index is 0.0387. The third-order valence-corrected chi connectivity index (χ3v) is 9.58. The normalized spacial score (nSPS) is 40.7. The van der Waals surface area contributed by atoms with Gasteiger partial charge in [-0.2, -0.15) is 5.12 Å². The second-order valence-corrected chi connectivity index (χ2v) is 12.1. The number of fused-ring (bicyclic) bond motifs is 1. The largest absolute Gasteiger partial charge is 0.392 e. The number of nitrogens with one attached hydrogen (secondary N) is 2. The van der Waals surface area contributed by atoms with E-state index in [2.05, 4.69) is 16.0 Å². The summed E-state index contributed by atoms with van der Waals surface area (Å²) in [4.78, 5) is 12.9. The molecule has 0 bridgehead atoms. The monoisotopic (exact) mass is 507 g/mol. The average molecular weight is 508 g/mol. The van der Waals surface area contributed by atoms with Gasteiger partial charge in [-0.1, -0.05) is 32.1 Å². The molecule has 1 saturated heterocycles. The quantitative estimate of drug-likeness (QED) is 0.353. The number of Topliss-reactive ketones (excluding diaryl/α,β-unsaturated/α-hetero) is 1.